The maximum absolute atomic E-state index is 6.31. The Labute approximate surface area is 122 Å². The van der Waals surface area contributed by atoms with Gasteiger partial charge in [-0.05, 0) is 49.3 Å². The predicted octanol–water partition coefficient (Wildman–Crippen LogP) is 3.11. The van der Waals surface area contributed by atoms with Crippen molar-refractivity contribution in [3.63, 3.8) is 0 Å². The van der Waals surface area contributed by atoms with Crippen LogP contribution in [0.2, 0.25) is 0 Å². The molecule has 2 N–H and O–H groups in total. The Morgan fingerprint density at radius 2 is 1.95 bits per heavy atom. The molecule has 0 radical (unpaired) electrons. The van der Waals surface area contributed by atoms with Crippen molar-refractivity contribution in [1.82, 2.24) is 4.90 Å². The average molecular weight is 282 g/mol. The normalized spacial score (nSPS) is 43.1. The van der Waals surface area contributed by atoms with Crippen LogP contribution in [0.25, 0.3) is 0 Å². The number of likely N-dealkylation sites (tertiary alicyclic amines) is 1. The highest BCUT2D eigenvalue weighted by Gasteiger charge is 2.49. The first-order chi connectivity index (χ1) is 9.06. The van der Waals surface area contributed by atoms with E-state index in [1.54, 1.807) is 0 Å². The van der Waals surface area contributed by atoms with Crippen molar-refractivity contribution >= 4 is 11.8 Å². The number of hydrogen-bond acceptors (Lipinski definition) is 3. The quantitative estimate of drug-likeness (QED) is 0.844. The summed E-state index contributed by atoms with van der Waals surface area (Å²) < 4.78 is 0. The monoisotopic (exact) mass is 282 g/mol. The van der Waals surface area contributed by atoms with Crippen LogP contribution in [-0.4, -0.2) is 41.1 Å². The highest BCUT2D eigenvalue weighted by Crippen LogP contribution is 2.47. The maximum atomic E-state index is 6.31. The Kier molecular flexibility index (Phi) is 3.92. The fourth-order valence-corrected chi connectivity index (χ4v) is 6.46. The molecule has 1 aliphatic carbocycles. The molecule has 0 amide bonds. The maximum Gasteiger partial charge on any atom is 0.0430 e. The lowest BCUT2D eigenvalue weighted by atomic mass is 9.77. The number of hydrogen-bond donors (Lipinski definition) is 1. The Hall–Kier alpha value is 0.270. The van der Waals surface area contributed by atoms with Gasteiger partial charge in [0.1, 0.15) is 0 Å². The zero-order valence-corrected chi connectivity index (χ0v) is 13.5. The molecule has 110 valence electrons. The first kappa shape index (κ1) is 14.2. The van der Waals surface area contributed by atoms with Crippen molar-refractivity contribution in [3.8, 4) is 0 Å². The van der Waals surface area contributed by atoms with Crippen LogP contribution in [0.1, 0.15) is 52.4 Å². The van der Waals surface area contributed by atoms with Gasteiger partial charge < -0.3 is 5.73 Å². The summed E-state index contributed by atoms with van der Waals surface area (Å²) in [4.78, 5) is 2.87. The third-order valence-electron chi connectivity index (χ3n) is 5.67. The second-order valence-corrected chi connectivity index (χ2v) is 8.84. The molecule has 0 spiro atoms. The fraction of sp³-hybridized carbons (Fsp3) is 1.00. The molecule has 0 aromatic carbocycles. The lowest BCUT2D eigenvalue weighted by Gasteiger charge is -2.52. The molecule has 2 heterocycles. The van der Waals surface area contributed by atoms with Crippen molar-refractivity contribution in [2.24, 2.45) is 17.1 Å². The summed E-state index contributed by atoms with van der Waals surface area (Å²) in [5.74, 6) is 3.54. The van der Waals surface area contributed by atoms with Gasteiger partial charge in [0.15, 0.2) is 0 Å². The van der Waals surface area contributed by atoms with Crippen LogP contribution in [0.3, 0.4) is 0 Å². The summed E-state index contributed by atoms with van der Waals surface area (Å²) in [6.07, 6.45) is 8.53. The van der Waals surface area contributed by atoms with Crippen molar-refractivity contribution in [1.29, 1.82) is 0 Å². The van der Waals surface area contributed by atoms with E-state index < -0.39 is 0 Å². The molecule has 2 saturated heterocycles. The Balaban J connectivity index is 1.81. The highest BCUT2D eigenvalue weighted by atomic mass is 32.2. The summed E-state index contributed by atoms with van der Waals surface area (Å²) in [6.45, 7) is 7.02. The summed E-state index contributed by atoms with van der Waals surface area (Å²) in [6, 6.07) is 0.854. The van der Waals surface area contributed by atoms with E-state index in [-0.39, 0.29) is 0 Å². The molecule has 2 aliphatic heterocycles. The number of thioether (sulfide) groups is 1. The van der Waals surface area contributed by atoms with Crippen LogP contribution < -0.4 is 5.73 Å². The van der Waals surface area contributed by atoms with Gasteiger partial charge in [-0.2, -0.15) is 11.8 Å². The third-order valence-corrected chi connectivity index (χ3v) is 7.40. The van der Waals surface area contributed by atoms with E-state index in [1.165, 1.54) is 56.6 Å². The van der Waals surface area contributed by atoms with Gasteiger partial charge >= 0.3 is 0 Å². The van der Waals surface area contributed by atoms with Crippen molar-refractivity contribution in [2.75, 3.05) is 24.6 Å². The van der Waals surface area contributed by atoms with E-state index >= 15 is 0 Å². The molecule has 3 aliphatic rings. The SMILES string of the molecule is CC1(C)CSCC(CN)(N2CCC3CCCCC32)C1. The molecule has 3 atom stereocenters. The van der Waals surface area contributed by atoms with Crippen LogP contribution in [0, 0.1) is 11.3 Å². The molecule has 1 saturated carbocycles. The van der Waals surface area contributed by atoms with Crippen molar-refractivity contribution in [2.45, 2.75) is 64.0 Å². The Morgan fingerprint density at radius 1 is 1.16 bits per heavy atom. The fourth-order valence-electron chi connectivity index (χ4n) is 4.94. The van der Waals surface area contributed by atoms with Crippen LogP contribution in [0.5, 0.6) is 0 Å². The third kappa shape index (κ3) is 2.58. The van der Waals surface area contributed by atoms with Gasteiger partial charge in [0.2, 0.25) is 0 Å². The van der Waals surface area contributed by atoms with Crippen LogP contribution in [0.15, 0.2) is 0 Å². The zero-order valence-electron chi connectivity index (χ0n) is 12.7. The zero-order chi connectivity index (χ0) is 13.5. The number of rotatable bonds is 2. The first-order valence-electron chi connectivity index (χ1n) is 8.11. The molecular weight excluding hydrogens is 252 g/mol. The van der Waals surface area contributed by atoms with Crippen LogP contribution in [-0.2, 0) is 0 Å². The Bertz CT molecular complexity index is 331. The Morgan fingerprint density at radius 3 is 2.68 bits per heavy atom. The predicted molar refractivity (Wildman–Crippen MR) is 84.6 cm³/mol. The second kappa shape index (κ2) is 5.23. The van der Waals surface area contributed by atoms with E-state index in [0.29, 0.717) is 11.0 Å². The summed E-state index contributed by atoms with van der Waals surface area (Å²) >= 11 is 2.14. The molecular formula is C16H30N2S. The molecule has 3 fully saturated rings. The summed E-state index contributed by atoms with van der Waals surface area (Å²) in [5, 5.41) is 0. The largest absolute Gasteiger partial charge is 0.329 e. The minimum atomic E-state index is 0.295. The van der Waals surface area contributed by atoms with Gasteiger partial charge in [-0.1, -0.05) is 26.7 Å². The van der Waals surface area contributed by atoms with E-state index in [4.69, 9.17) is 5.73 Å². The molecule has 3 unspecified atom stereocenters. The van der Waals surface area contributed by atoms with Gasteiger partial charge in [0.25, 0.3) is 0 Å². The number of nitrogens with zero attached hydrogens (tertiary/aromatic N) is 1. The van der Waals surface area contributed by atoms with Crippen molar-refractivity contribution in [3.05, 3.63) is 0 Å². The summed E-state index contributed by atoms with van der Waals surface area (Å²) in [5.41, 5.74) is 7.05. The standard InChI is InChI=1S/C16H30N2S/c1-15(2)9-16(10-17,12-19-11-15)18-8-7-13-5-3-4-6-14(13)18/h13-14H,3-12,17H2,1-2H3. The van der Waals surface area contributed by atoms with Gasteiger partial charge in [0.05, 0.1) is 0 Å². The molecule has 0 aromatic heterocycles. The van der Waals surface area contributed by atoms with Gasteiger partial charge in [-0.15, -0.1) is 0 Å². The first-order valence-corrected chi connectivity index (χ1v) is 9.26. The lowest BCUT2D eigenvalue weighted by molar-refractivity contribution is 0.0371. The van der Waals surface area contributed by atoms with E-state index in [9.17, 15) is 0 Å². The molecule has 3 rings (SSSR count). The second-order valence-electron chi connectivity index (χ2n) is 7.86. The molecule has 2 nitrogen and oxygen atoms in total. The topological polar surface area (TPSA) is 29.3 Å². The summed E-state index contributed by atoms with van der Waals surface area (Å²) in [7, 11) is 0. The highest BCUT2D eigenvalue weighted by molar-refractivity contribution is 7.99. The smallest absolute Gasteiger partial charge is 0.0430 e. The van der Waals surface area contributed by atoms with E-state index in [2.05, 4.69) is 30.5 Å². The minimum Gasteiger partial charge on any atom is -0.329 e. The number of fused-ring (bicyclic) bond motifs is 1. The van der Waals surface area contributed by atoms with E-state index in [0.717, 1.165) is 18.5 Å². The molecule has 19 heavy (non-hydrogen) atoms. The molecule has 3 heteroatoms. The van der Waals surface area contributed by atoms with Crippen molar-refractivity contribution < 1.29 is 0 Å². The van der Waals surface area contributed by atoms with Gasteiger partial charge in [0, 0.05) is 23.9 Å². The molecule has 0 bridgehead atoms. The minimum absolute atomic E-state index is 0.295. The number of nitrogens with two attached hydrogens (primary N) is 1. The van der Waals surface area contributed by atoms with Gasteiger partial charge in [-0.3, -0.25) is 4.90 Å². The van der Waals surface area contributed by atoms with E-state index in [1.807, 2.05) is 0 Å². The van der Waals surface area contributed by atoms with Gasteiger partial charge in [-0.25, -0.2) is 0 Å². The molecule has 0 aromatic rings. The average Bonchev–Trinajstić information content (AvgIpc) is 2.81. The van der Waals surface area contributed by atoms with Crippen LogP contribution in [0.4, 0.5) is 0 Å². The lowest BCUT2D eigenvalue weighted by Crippen LogP contribution is -2.62. The van der Waals surface area contributed by atoms with Crippen LogP contribution >= 0.6 is 11.8 Å².